The molecule has 0 aliphatic heterocycles. The quantitative estimate of drug-likeness (QED) is 0.188. The molecule has 6 nitrogen and oxygen atoms in total. The van der Waals surface area contributed by atoms with Gasteiger partial charge in [-0.15, -0.1) is 0 Å². The standard InChI is InChI=1S/C23H17F6N3O3.C3H9ClSi/c24-22(25,26)14-2-1-3-16(8-14)31-21(35)32-20(13-6-4-12(11-30)5-7-13)19-17(33)9-15(10-18(19)34)23(27,28)29;1-5(2,3)4/h1-8,15,20,33H,9-10H2,(H2,31,32,35);1-3H3. The number of benzene rings is 2. The Morgan fingerprint density at radius 1 is 1.07 bits per heavy atom. The van der Waals surface area contributed by atoms with Crippen LogP contribution in [0.15, 0.2) is 59.9 Å². The second-order valence-electron chi connectivity index (χ2n) is 9.84. The lowest BCUT2D eigenvalue weighted by molar-refractivity contribution is -0.180. The molecule has 2 unspecified atom stereocenters. The van der Waals surface area contributed by atoms with E-state index in [-0.39, 0.29) is 16.8 Å². The summed E-state index contributed by atoms with van der Waals surface area (Å²) >= 11 is 5.67. The van der Waals surface area contributed by atoms with Crippen LogP contribution in [0.4, 0.5) is 36.8 Å². The lowest BCUT2D eigenvalue weighted by atomic mass is 9.82. The summed E-state index contributed by atoms with van der Waals surface area (Å²) in [5.74, 6) is -4.01. The number of carbonyl (C=O) groups excluding carboxylic acids is 2. The molecule has 3 rings (SSSR count). The monoisotopic (exact) mass is 605 g/mol. The Kier molecular flexibility index (Phi) is 10.4. The number of alkyl halides is 6. The van der Waals surface area contributed by atoms with E-state index in [1.54, 1.807) is 0 Å². The van der Waals surface area contributed by atoms with Crippen molar-refractivity contribution in [2.75, 3.05) is 5.32 Å². The Morgan fingerprint density at radius 3 is 2.12 bits per heavy atom. The normalized spacial score (nSPS) is 16.8. The average Bonchev–Trinajstić information content (AvgIpc) is 2.81. The predicted molar refractivity (Wildman–Crippen MR) is 140 cm³/mol. The SMILES string of the molecule is C[Si](C)(C)Cl.N#Cc1ccc(C(NC(=O)Nc2cccc(C(F)(F)F)c2)C2=C(O)CC(C(F)(F)F)CC2=O)cc1. The van der Waals surface area contributed by atoms with Crippen LogP contribution >= 0.6 is 11.1 Å². The van der Waals surface area contributed by atoms with E-state index in [9.17, 15) is 41.0 Å². The molecule has 0 spiro atoms. The molecule has 40 heavy (non-hydrogen) atoms. The summed E-state index contributed by atoms with van der Waals surface area (Å²) < 4.78 is 78.2. The van der Waals surface area contributed by atoms with E-state index in [2.05, 4.69) is 30.3 Å². The first kappa shape index (κ1) is 32.7. The molecule has 3 N–H and O–H groups in total. The summed E-state index contributed by atoms with van der Waals surface area (Å²) in [5, 5.41) is 23.8. The number of aliphatic hydroxyl groups excluding tert-OH is 1. The van der Waals surface area contributed by atoms with Gasteiger partial charge in [0.15, 0.2) is 5.78 Å². The second-order valence-corrected chi connectivity index (χ2v) is 17.4. The molecular formula is C26H26ClF6N3O3Si. The van der Waals surface area contributed by atoms with Gasteiger partial charge in [-0.05, 0) is 35.9 Å². The summed E-state index contributed by atoms with van der Waals surface area (Å²) in [6.07, 6.45) is -11.2. The van der Waals surface area contributed by atoms with Crippen molar-refractivity contribution in [2.24, 2.45) is 5.92 Å². The highest BCUT2D eigenvalue weighted by molar-refractivity contribution is 7.18. The van der Waals surface area contributed by atoms with E-state index >= 15 is 0 Å². The molecule has 0 fully saturated rings. The number of rotatable bonds is 4. The van der Waals surface area contributed by atoms with Crippen molar-refractivity contribution in [3.05, 3.63) is 76.6 Å². The molecule has 216 valence electrons. The summed E-state index contributed by atoms with van der Waals surface area (Å²) in [7, 11) is -1.14. The maximum atomic E-state index is 13.1. The van der Waals surface area contributed by atoms with Gasteiger partial charge in [0.2, 0.25) is 0 Å². The number of halogens is 7. The molecule has 2 aromatic carbocycles. The number of ketones is 1. The average molecular weight is 606 g/mol. The molecule has 2 amide bonds. The molecule has 2 atom stereocenters. The molecule has 0 bridgehead atoms. The number of anilines is 1. The van der Waals surface area contributed by atoms with Gasteiger partial charge >= 0.3 is 18.4 Å². The van der Waals surface area contributed by atoms with Gasteiger partial charge in [0.25, 0.3) is 0 Å². The molecule has 2 aromatic rings. The molecular weight excluding hydrogens is 580 g/mol. The first-order valence-electron chi connectivity index (χ1n) is 11.7. The van der Waals surface area contributed by atoms with E-state index in [1.807, 2.05) is 6.07 Å². The smallest absolute Gasteiger partial charge is 0.416 e. The number of hydrogen-bond acceptors (Lipinski definition) is 4. The van der Waals surface area contributed by atoms with Crippen molar-refractivity contribution >= 4 is 36.0 Å². The summed E-state index contributed by atoms with van der Waals surface area (Å²) in [5.41, 5.74) is -1.37. The van der Waals surface area contributed by atoms with Crippen molar-refractivity contribution in [1.82, 2.24) is 5.32 Å². The highest BCUT2D eigenvalue weighted by atomic mass is 35.6. The molecule has 0 saturated carbocycles. The van der Waals surface area contributed by atoms with E-state index < -0.39 is 73.2 Å². The van der Waals surface area contributed by atoms with Gasteiger partial charge in [-0.3, -0.25) is 4.79 Å². The van der Waals surface area contributed by atoms with Crippen molar-refractivity contribution in [1.29, 1.82) is 5.26 Å². The van der Waals surface area contributed by atoms with Crippen LogP contribution in [0, 0.1) is 17.2 Å². The van der Waals surface area contributed by atoms with Crippen LogP contribution in [0.5, 0.6) is 0 Å². The largest absolute Gasteiger partial charge is 0.512 e. The van der Waals surface area contributed by atoms with Crippen molar-refractivity contribution in [2.45, 2.75) is 50.9 Å². The van der Waals surface area contributed by atoms with Gasteiger partial charge in [0, 0.05) is 18.5 Å². The molecule has 1 aliphatic carbocycles. The van der Waals surface area contributed by atoms with Crippen LogP contribution in [0.25, 0.3) is 0 Å². The Labute approximate surface area is 232 Å². The number of nitrogens with zero attached hydrogens (tertiary/aromatic N) is 1. The third-order valence-electron chi connectivity index (χ3n) is 5.33. The van der Waals surface area contributed by atoms with E-state index in [0.29, 0.717) is 6.07 Å². The van der Waals surface area contributed by atoms with Gasteiger partial charge < -0.3 is 15.7 Å². The van der Waals surface area contributed by atoms with Gasteiger partial charge in [0.1, 0.15) is 13.1 Å². The Hall–Kier alpha value is -3.50. The molecule has 0 radical (unpaired) electrons. The predicted octanol–water partition coefficient (Wildman–Crippen LogP) is 7.85. The van der Waals surface area contributed by atoms with Crippen LogP contribution in [0.2, 0.25) is 19.6 Å². The number of Topliss-reactive ketones (excluding diaryl/α,β-unsaturated/α-hetero) is 1. The lowest BCUT2D eigenvalue weighted by Crippen LogP contribution is -2.39. The number of hydrogen-bond donors (Lipinski definition) is 3. The van der Waals surface area contributed by atoms with E-state index in [0.717, 1.165) is 12.1 Å². The number of amides is 2. The fourth-order valence-electron chi connectivity index (χ4n) is 3.61. The van der Waals surface area contributed by atoms with Crippen molar-refractivity contribution in [3.8, 4) is 6.07 Å². The maximum absolute atomic E-state index is 13.1. The first-order chi connectivity index (χ1) is 18.3. The second kappa shape index (κ2) is 12.8. The summed E-state index contributed by atoms with van der Waals surface area (Å²) in [6.45, 7) is 6.28. The molecule has 0 saturated heterocycles. The van der Waals surface area contributed by atoms with Crippen LogP contribution in [-0.2, 0) is 11.0 Å². The van der Waals surface area contributed by atoms with Crippen LogP contribution < -0.4 is 10.6 Å². The zero-order valence-corrected chi connectivity index (χ0v) is 23.3. The van der Waals surface area contributed by atoms with Crippen LogP contribution in [0.3, 0.4) is 0 Å². The fourth-order valence-corrected chi connectivity index (χ4v) is 3.61. The topological polar surface area (TPSA) is 102 Å². The van der Waals surface area contributed by atoms with Crippen LogP contribution in [0.1, 0.15) is 35.6 Å². The number of nitriles is 1. The van der Waals surface area contributed by atoms with E-state index in [1.165, 1.54) is 30.3 Å². The summed E-state index contributed by atoms with van der Waals surface area (Å²) in [6, 6.07) is 8.38. The molecule has 14 heteroatoms. The number of allylic oxidation sites excluding steroid dienone is 1. The zero-order chi connectivity index (χ0) is 30.5. The minimum absolute atomic E-state index is 0.156. The number of urea groups is 1. The number of nitrogens with one attached hydrogen (secondary N) is 2. The van der Waals surface area contributed by atoms with Crippen LogP contribution in [-0.4, -0.2) is 30.5 Å². The molecule has 1 aliphatic rings. The van der Waals surface area contributed by atoms with Gasteiger partial charge in [-0.25, -0.2) is 4.79 Å². The third kappa shape index (κ3) is 9.91. The Morgan fingerprint density at radius 2 is 1.65 bits per heavy atom. The fraction of sp³-hybridized carbons (Fsp3) is 0.346. The molecule has 0 aromatic heterocycles. The van der Waals surface area contributed by atoms with Gasteiger partial charge in [-0.2, -0.15) is 42.7 Å². The minimum atomic E-state index is -4.73. The lowest BCUT2D eigenvalue weighted by Gasteiger charge is -2.30. The Balaban J connectivity index is 0.00000103. The van der Waals surface area contributed by atoms with Gasteiger partial charge in [0.05, 0.1) is 34.7 Å². The number of carbonyl (C=O) groups is 2. The highest BCUT2D eigenvalue weighted by Crippen LogP contribution is 2.41. The highest BCUT2D eigenvalue weighted by Gasteiger charge is 2.46. The van der Waals surface area contributed by atoms with Gasteiger partial charge in [-0.1, -0.05) is 37.8 Å². The van der Waals surface area contributed by atoms with E-state index in [4.69, 9.17) is 16.3 Å². The molecule has 0 heterocycles. The summed E-state index contributed by atoms with van der Waals surface area (Å²) in [4.78, 5) is 25.2. The van der Waals surface area contributed by atoms with Crippen molar-refractivity contribution < 1.29 is 41.0 Å². The van der Waals surface area contributed by atoms with Crippen molar-refractivity contribution in [3.63, 3.8) is 0 Å². The maximum Gasteiger partial charge on any atom is 0.416 e. The first-order valence-corrected chi connectivity index (χ1v) is 16.3. The third-order valence-corrected chi connectivity index (χ3v) is 5.33. The minimum Gasteiger partial charge on any atom is -0.512 e. The zero-order valence-electron chi connectivity index (χ0n) is 21.5. The number of aliphatic hydroxyl groups is 1. The Bertz CT molecular complexity index is 1290.